The average Bonchev–Trinajstić information content (AvgIpc) is 2.44. The van der Waals surface area contributed by atoms with E-state index in [1.165, 1.54) is 7.11 Å². The van der Waals surface area contributed by atoms with Crippen LogP contribution in [-0.4, -0.2) is 30.6 Å². The van der Waals surface area contributed by atoms with Crippen LogP contribution >= 0.6 is 0 Å². The van der Waals surface area contributed by atoms with Crippen molar-refractivity contribution in [3.05, 3.63) is 35.9 Å². The zero-order valence-electron chi connectivity index (χ0n) is 12.7. The van der Waals surface area contributed by atoms with Crippen LogP contribution in [0.3, 0.4) is 0 Å². The summed E-state index contributed by atoms with van der Waals surface area (Å²) in [4.78, 5) is 23.3. The lowest BCUT2D eigenvalue weighted by molar-refractivity contribution is -0.142. The van der Waals surface area contributed by atoms with E-state index in [1.807, 2.05) is 32.0 Å². The molecule has 21 heavy (non-hydrogen) atoms. The summed E-state index contributed by atoms with van der Waals surface area (Å²) in [5, 5.41) is 11.8. The third-order valence-electron chi connectivity index (χ3n) is 3.20. The van der Waals surface area contributed by atoms with Crippen LogP contribution in [0.15, 0.2) is 30.3 Å². The first-order valence-corrected chi connectivity index (χ1v) is 7.04. The molecular formula is C16H23NO4. The molecule has 1 aromatic rings. The zero-order valence-corrected chi connectivity index (χ0v) is 12.7. The van der Waals surface area contributed by atoms with Gasteiger partial charge in [0, 0.05) is 13.7 Å². The standard InChI is InChI=1S/C16H23NO4/c1-11(2)9-13(16(19)20)10-17-15(18)14(21-3)12-7-5-4-6-8-12/h4-8,11,13-14H,9-10H2,1-3H3,(H,17,18)(H,19,20). The summed E-state index contributed by atoms with van der Waals surface area (Å²) in [6, 6.07) is 9.12. The molecule has 0 aliphatic carbocycles. The topological polar surface area (TPSA) is 75.6 Å². The maximum absolute atomic E-state index is 12.2. The summed E-state index contributed by atoms with van der Waals surface area (Å²) in [5.74, 6) is -1.53. The van der Waals surface area contributed by atoms with Gasteiger partial charge in [0.15, 0.2) is 6.10 Å². The molecule has 0 aliphatic rings. The Morgan fingerprint density at radius 3 is 2.33 bits per heavy atom. The van der Waals surface area contributed by atoms with E-state index in [9.17, 15) is 9.59 Å². The normalized spacial score (nSPS) is 13.7. The summed E-state index contributed by atoms with van der Waals surface area (Å²) in [7, 11) is 1.46. The fourth-order valence-corrected chi connectivity index (χ4v) is 2.18. The van der Waals surface area contributed by atoms with Crippen LogP contribution in [0.5, 0.6) is 0 Å². The second kappa shape index (κ2) is 8.42. The van der Waals surface area contributed by atoms with E-state index >= 15 is 0 Å². The third-order valence-corrected chi connectivity index (χ3v) is 3.20. The fraction of sp³-hybridized carbons (Fsp3) is 0.500. The Morgan fingerprint density at radius 2 is 1.86 bits per heavy atom. The van der Waals surface area contributed by atoms with Crippen LogP contribution < -0.4 is 5.32 Å². The molecule has 0 fully saturated rings. The molecule has 1 aromatic carbocycles. The van der Waals surface area contributed by atoms with Gasteiger partial charge in [-0.15, -0.1) is 0 Å². The number of hydrogen-bond acceptors (Lipinski definition) is 3. The highest BCUT2D eigenvalue weighted by atomic mass is 16.5. The van der Waals surface area contributed by atoms with E-state index in [0.717, 1.165) is 5.56 Å². The van der Waals surface area contributed by atoms with Crippen LogP contribution in [0.1, 0.15) is 31.9 Å². The Hall–Kier alpha value is -1.88. The van der Waals surface area contributed by atoms with Crippen LogP contribution in [0.4, 0.5) is 0 Å². The van der Waals surface area contributed by atoms with Crippen molar-refractivity contribution in [2.24, 2.45) is 11.8 Å². The molecule has 0 saturated carbocycles. The van der Waals surface area contributed by atoms with E-state index in [1.54, 1.807) is 12.1 Å². The number of hydrogen-bond donors (Lipinski definition) is 2. The van der Waals surface area contributed by atoms with Gasteiger partial charge in [-0.25, -0.2) is 0 Å². The Labute approximate surface area is 125 Å². The minimum atomic E-state index is -0.891. The van der Waals surface area contributed by atoms with Crippen molar-refractivity contribution in [2.75, 3.05) is 13.7 Å². The predicted octanol–water partition coefficient (Wildman–Crippen LogP) is 2.24. The van der Waals surface area contributed by atoms with Gasteiger partial charge in [0.2, 0.25) is 0 Å². The highest BCUT2D eigenvalue weighted by Gasteiger charge is 2.23. The summed E-state index contributed by atoms with van der Waals surface area (Å²) >= 11 is 0. The smallest absolute Gasteiger partial charge is 0.308 e. The lowest BCUT2D eigenvalue weighted by Crippen LogP contribution is -2.37. The highest BCUT2D eigenvalue weighted by molar-refractivity contribution is 5.82. The number of benzene rings is 1. The maximum atomic E-state index is 12.2. The molecular weight excluding hydrogens is 270 g/mol. The average molecular weight is 293 g/mol. The molecule has 0 bridgehead atoms. The zero-order chi connectivity index (χ0) is 15.8. The number of carbonyl (C=O) groups excluding carboxylic acids is 1. The van der Waals surface area contributed by atoms with E-state index in [4.69, 9.17) is 9.84 Å². The molecule has 1 amide bonds. The van der Waals surface area contributed by atoms with Gasteiger partial charge in [0.05, 0.1) is 5.92 Å². The molecule has 5 nitrogen and oxygen atoms in total. The van der Waals surface area contributed by atoms with Crippen molar-refractivity contribution < 1.29 is 19.4 Å². The minimum absolute atomic E-state index is 0.110. The van der Waals surface area contributed by atoms with Crippen molar-refractivity contribution in [2.45, 2.75) is 26.4 Å². The van der Waals surface area contributed by atoms with Crippen molar-refractivity contribution in [1.82, 2.24) is 5.32 Å². The Balaban J connectivity index is 2.64. The van der Waals surface area contributed by atoms with E-state index in [0.29, 0.717) is 6.42 Å². The number of carboxylic acids is 1. The van der Waals surface area contributed by atoms with Crippen LogP contribution in [-0.2, 0) is 14.3 Å². The van der Waals surface area contributed by atoms with Gasteiger partial charge in [-0.05, 0) is 17.9 Å². The van der Waals surface area contributed by atoms with E-state index in [2.05, 4.69) is 5.32 Å². The van der Waals surface area contributed by atoms with Crippen molar-refractivity contribution in [3.63, 3.8) is 0 Å². The van der Waals surface area contributed by atoms with Crippen LogP contribution in [0.2, 0.25) is 0 Å². The van der Waals surface area contributed by atoms with Crippen LogP contribution in [0, 0.1) is 11.8 Å². The third kappa shape index (κ3) is 5.55. The molecule has 2 N–H and O–H groups in total. The number of aliphatic carboxylic acids is 1. The second-order valence-corrected chi connectivity index (χ2v) is 5.44. The molecule has 0 heterocycles. The van der Waals surface area contributed by atoms with Gasteiger partial charge in [-0.2, -0.15) is 0 Å². The van der Waals surface area contributed by atoms with Gasteiger partial charge in [-0.3, -0.25) is 9.59 Å². The maximum Gasteiger partial charge on any atom is 0.308 e. The van der Waals surface area contributed by atoms with E-state index in [-0.39, 0.29) is 18.4 Å². The molecule has 116 valence electrons. The molecule has 0 saturated heterocycles. The number of ether oxygens (including phenoxy) is 1. The molecule has 0 aliphatic heterocycles. The van der Waals surface area contributed by atoms with Crippen molar-refractivity contribution in [1.29, 1.82) is 0 Å². The molecule has 2 unspecified atom stereocenters. The summed E-state index contributed by atoms with van der Waals surface area (Å²) in [6.07, 6.45) is -0.196. The fourth-order valence-electron chi connectivity index (χ4n) is 2.18. The number of carbonyl (C=O) groups is 2. The minimum Gasteiger partial charge on any atom is -0.481 e. The summed E-state index contributed by atoms with van der Waals surface area (Å²) < 4.78 is 5.21. The Kier molecular flexibility index (Phi) is 6.88. The first-order valence-electron chi connectivity index (χ1n) is 7.04. The van der Waals surface area contributed by atoms with Gasteiger partial charge in [-0.1, -0.05) is 44.2 Å². The molecule has 5 heteroatoms. The molecule has 1 rings (SSSR count). The number of carboxylic acid groups (broad SMARTS) is 1. The van der Waals surface area contributed by atoms with Gasteiger partial charge < -0.3 is 15.2 Å². The molecule has 0 aromatic heterocycles. The quantitative estimate of drug-likeness (QED) is 0.770. The molecule has 2 atom stereocenters. The van der Waals surface area contributed by atoms with Gasteiger partial charge in [0.1, 0.15) is 0 Å². The second-order valence-electron chi connectivity index (χ2n) is 5.44. The lowest BCUT2D eigenvalue weighted by Gasteiger charge is -2.19. The van der Waals surface area contributed by atoms with Crippen molar-refractivity contribution >= 4 is 11.9 Å². The summed E-state index contributed by atoms with van der Waals surface area (Å²) in [5.41, 5.74) is 0.744. The van der Waals surface area contributed by atoms with Gasteiger partial charge >= 0.3 is 5.97 Å². The largest absolute Gasteiger partial charge is 0.481 e. The predicted molar refractivity (Wildman–Crippen MR) is 79.8 cm³/mol. The number of rotatable bonds is 8. The van der Waals surface area contributed by atoms with Crippen LogP contribution in [0.25, 0.3) is 0 Å². The first kappa shape index (κ1) is 17.2. The summed E-state index contributed by atoms with van der Waals surface area (Å²) in [6.45, 7) is 4.03. The number of amides is 1. The number of nitrogens with one attached hydrogen (secondary N) is 1. The molecule has 0 spiro atoms. The molecule has 0 radical (unpaired) electrons. The Bertz CT molecular complexity index is 459. The highest BCUT2D eigenvalue weighted by Crippen LogP contribution is 2.17. The monoisotopic (exact) mass is 293 g/mol. The lowest BCUT2D eigenvalue weighted by atomic mass is 9.97. The SMILES string of the molecule is COC(C(=O)NCC(CC(C)C)C(=O)O)c1ccccc1. The van der Waals surface area contributed by atoms with Crippen molar-refractivity contribution in [3.8, 4) is 0 Å². The van der Waals surface area contributed by atoms with Gasteiger partial charge in [0.25, 0.3) is 5.91 Å². The van der Waals surface area contributed by atoms with E-state index < -0.39 is 18.0 Å². The first-order chi connectivity index (χ1) is 9.95. The number of methoxy groups -OCH3 is 1. The Morgan fingerprint density at radius 1 is 1.24 bits per heavy atom.